The lowest BCUT2D eigenvalue weighted by Crippen LogP contribution is -2.36. The van der Waals surface area contributed by atoms with Gasteiger partial charge in [0.1, 0.15) is 10.6 Å². The van der Waals surface area contributed by atoms with Gasteiger partial charge in [-0.05, 0) is 37.8 Å². The van der Waals surface area contributed by atoms with Crippen molar-refractivity contribution < 1.29 is 18.3 Å². The van der Waals surface area contributed by atoms with Gasteiger partial charge >= 0.3 is 5.97 Å². The molecule has 1 aromatic heterocycles. The quantitative estimate of drug-likeness (QED) is 0.857. The van der Waals surface area contributed by atoms with Crippen molar-refractivity contribution in [1.82, 2.24) is 8.87 Å². The molecule has 0 saturated carbocycles. The van der Waals surface area contributed by atoms with Crippen LogP contribution in [-0.2, 0) is 23.0 Å². The van der Waals surface area contributed by atoms with E-state index in [0.29, 0.717) is 19.5 Å². The van der Waals surface area contributed by atoms with E-state index >= 15 is 0 Å². The van der Waals surface area contributed by atoms with Crippen molar-refractivity contribution in [2.75, 3.05) is 6.54 Å². The summed E-state index contributed by atoms with van der Waals surface area (Å²) < 4.78 is 29.1. The highest BCUT2D eigenvalue weighted by Crippen LogP contribution is 2.29. The average Bonchev–Trinajstić information content (AvgIpc) is 3.22. The van der Waals surface area contributed by atoms with Gasteiger partial charge in [0.25, 0.3) is 0 Å². The van der Waals surface area contributed by atoms with Gasteiger partial charge in [0.15, 0.2) is 0 Å². The molecule has 2 heterocycles. The van der Waals surface area contributed by atoms with Crippen LogP contribution in [0.2, 0.25) is 0 Å². The Hall–Kier alpha value is -2.12. The summed E-state index contributed by atoms with van der Waals surface area (Å²) in [5, 5.41) is 9.26. The van der Waals surface area contributed by atoms with Crippen LogP contribution in [0.15, 0.2) is 47.5 Å². The second-order valence-corrected chi connectivity index (χ2v) is 8.14. The number of benzene rings is 1. The summed E-state index contributed by atoms with van der Waals surface area (Å²) in [7, 11) is -3.70. The maximum atomic E-state index is 13.1. The first-order valence-electron chi connectivity index (χ1n) is 8.42. The van der Waals surface area contributed by atoms with Gasteiger partial charge in [-0.2, -0.15) is 4.31 Å². The molecule has 1 N–H and O–H groups in total. The normalized spacial score (nSPS) is 18.5. The number of aromatic carboxylic acids is 1. The second-order valence-electron chi connectivity index (χ2n) is 6.25. The minimum absolute atomic E-state index is 0.000110. The first-order chi connectivity index (χ1) is 11.9. The van der Waals surface area contributed by atoms with Gasteiger partial charge < -0.3 is 9.67 Å². The molecule has 25 heavy (non-hydrogen) atoms. The summed E-state index contributed by atoms with van der Waals surface area (Å²) in [6, 6.07) is 11.0. The van der Waals surface area contributed by atoms with Gasteiger partial charge in [0, 0.05) is 25.3 Å². The summed E-state index contributed by atoms with van der Waals surface area (Å²) in [4.78, 5) is 11.4. The Morgan fingerprint density at radius 3 is 2.60 bits per heavy atom. The molecule has 0 radical (unpaired) electrons. The Morgan fingerprint density at radius 1 is 1.28 bits per heavy atom. The summed E-state index contributed by atoms with van der Waals surface area (Å²) in [5.74, 6) is -1.12. The number of rotatable bonds is 6. The van der Waals surface area contributed by atoms with Gasteiger partial charge in [0.05, 0.1) is 0 Å². The van der Waals surface area contributed by atoms with Crippen LogP contribution in [0.4, 0.5) is 0 Å². The van der Waals surface area contributed by atoms with Crippen LogP contribution in [0.3, 0.4) is 0 Å². The molecule has 1 fully saturated rings. The molecule has 7 heteroatoms. The van der Waals surface area contributed by atoms with Crippen molar-refractivity contribution >= 4 is 16.0 Å². The molecule has 3 rings (SSSR count). The highest BCUT2D eigenvalue weighted by molar-refractivity contribution is 7.89. The standard InChI is InChI=1S/C18H22N2O4S/c1-2-19-13-16(12-17(19)18(21)22)25(23,24)20-10-6-9-15(20)11-14-7-4-3-5-8-14/h3-5,7-8,12-13,15H,2,6,9-11H2,1H3,(H,21,22). The number of hydrogen-bond acceptors (Lipinski definition) is 3. The number of carboxylic acids is 1. The van der Waals surface area contributed by atoms with Gasteiger partial charge in [-0.1, -0.05) is 30.3 Å². The van der Waals surface area contributed by atoms with Gasteiger partial charge in [-0.25, -0.2) is 13.2 Å². The van der Waals surface area contributed by atoms with Crippen LogP contribution in [0.25, 0.3) is 0 Å². The maximum Gasteiger partial charge on any atom is 0.352 e. The van der Waals surface area contributed by atoms with Crippen LogP contribution < -0.4 is 0 Å². The molecule has 1 unspecified atom stereocenters. The summed E-state index contributed by atoms with van der Waals surface area (Å²) >= 11 is 0. The summed E-state index contributed by atoms with van der Waals surface area (Å²) in [6.07, 6.45) is 3.72. The Kier molecular flexibility index (Phi) is 4.96. The minimum Gasteiger partial charge on any atom is -0.477 e. The Labute approximate surface area is 147 Å². The van der Waals surface area contributed by atoms with Gasteiger partial charge in [-0.15, -0.1) is 0 Å². The van der Waals surface area contributed by atoms with E-state index in [4.69, 9.17) is 0 Å². The Bertz CT molecular complexity index is 858. The first kappa shape index (κ1) is 17.7. The highest BCUT2D eigenvalue weighted by Gasteiger charge is 2.36. The third-order valence-electron chi connectivity index (χ3n) is 4.68. The van der Waals surface area contributed by atoms with E-state index in [0.717, 1.165) is 18.4 Å². The molecule has 0 spiro atoms. The van der Waals surface area contributed by atoms with Crippen LogP contribution in [-0.4, -0.2) is 41.0 Å². The lowest BCUT2D eigenvalue weighted by atomic mass is 10.1. The molecule has 1 saturated heterocycles. The SMILES string of the molecule is CCn1cc(S(=O)(=O)N2CCCC2Cc2ccccc2)cc1C(=O)O. The Morgan fingerprint density at radius 2 is 2.00 bits per heavy atom. The fourth-order valence-corrected chi connectivity index (χ4v) is 5.15. The zero-order valence-electron chi connectivity index (χ0n) is 14.1. The third kappa shape index (κ3) is 3.48. The predicted molar refractivity (Wildman–Crippen MR) is 94.1 cm³/mol. The maximum absolute atomic E-state index is 13.1. The molecule has 0 amide bonds. The van der Waals surface area contributed by atoms with Crippen molar-refractivity contribution in [1.29, 1.82) is 0 Å². The van der Waals surface area contributed by atoms with Gasteiger partial charge in [-0.3, -0.25) is 0 Å². The second kappa shape index (κ2) is 7.01. The number of nitrogens with zero attached hydrogens (tertiary/aromatic N) is 2. The molecule has 0 bridgehead atoms. The van der Waals surface area contributed by atoms with E-state index in [1.54, 1.807) is 6.92 Å². The predicted octanol–water partition coefficient (Wildman–Crippen LogP) is 2.60. The van der Waals surface area contributed by atoms with Crippen molar-refractivity contribution in [3.05, 3.63) is 53.9 Å². The molecule has 1 aliphatic heterocycles. The van der Waals surface area contributed by atoms with Crippen molar-refractivity contribution in [3.8, 4) is 0 Å². The fraction of sp³-hybridized carbons (Fsp3) is 0.389. The number of sulfonamides is 1. The lowest BCUT2D eigenvalue weighted by Gasteiger charge is -2.23. The molecular formula is C18H22N2O4S. The third-order valence-corrected chi connectivity index (χ3v) is 6.59. The molecule has 0 aliphatic carbocycles. The zero-order valence-corrected chi connectivity index (χ0v) is 14.9. The van der Waals surface area contributed by atoms with Gasteiger partial charge in [0.2, 0.25) is 10.0 Å². The number of carboxylic acid groups (broad SMARTS) is 1. The van der Waals surface area contributed by atoms with E-state index in [9.17, 15) is 18.3 Å². The van der Waals surface area contributed by atoms with E-state index in [1.807, 2.05) is 30.3 Å². The molecule has 1 aromatic carbocycles. The van der Waals surface area contributed by atoms with E-state index in [1.165, 1.54) is 21.1 Å². The van der Waals surface area contributed by atoms with Crippen LogP contribution in [0.5, 0.6) is 0 Å². The van der Waals surface area contributed by atoms with Crippen LogP contribution in [0, 0.1) is 0 Å². The smallest absolute Gasteiger partial charge is 0.352 e. The molecule has 134 valence electrons. The number of aromatic nitrogens is 1. The fourth-order valence-electron chi connectivity index (χ4n) is 3.42. The summed E-state index contributed by atoms with van der Waals surface area (Å²) in [5.41, 5.74) is 1.10. The zero-order chi connectivity index (χ0) is 18.0. The van der Waals surface area contributed by atoms with Crippen molar-refractivity contribution in [3.63, 3.8) is 0 Å². The molecule has 2 aromatic rings. The molecule has 6 nitrogen and oxygen atoms in total. The monoisotopic (exact) mass is 362 g/mol. The van der Waals surface area contributed by atoms with Crippen molar-refractivity contribution in [2.24, 2.45) is 0 Å². The highest BCUT2D eigenvalue weighted by atomic mass is 32.2. The van der Waals surface area contributed by atoms with Crippen molar-refractivity contribution in [2.45, 2.75) is 43.7 Å². The largest absolute Gasteiger partial charge is 0.477 e. The van der Waals surface area contributed by atoms with E-state index in [2.05, 4.69) is 0 Å². The lowest BCUT2D eigenvalue weighted by molar-refractivity contribution is 0.0685. The first-order valence-corrected chi connectivity index (χ1v) is 9.86. The average molecular weight is 362 g/mol. The number of hydrogen-bond donors (Lipinski definition) is 1. The molecule has 1 atom stereocenters. The number of carbonyl (C=O) groups is 1. The molecule has 1 aliphatic rings. The topological polar surface area (TPSA) is 79.6 Å². The van der Waals surface area contributed by atoms with Crippen LogP contribution >= 0.6 is 0 Å². The number of aryl methyl sites for hydroxylation is 1. The minimum atomic E-state index is -3.70. The molecular weight excluding hydrogens is 340 g/mol. The van der Waals surface area contributed by atoms with Crippen LogP contribution in [0.1, 0.15) is 35.8 Å². The summed E-state index contributed by atoms with van der Waals surface area (Å²) in [6.45, 7) is 2.67. The van der Waals surface area contributed by atoms with E-state index in [-0.39, 0.29) is 16.6 Å². The van der Waals surface area contributed by atoms with E-state index < -0.39 is 16.0 Å². The Balaban J connectivity index is 1.89.